The Morgan fingerprint density at radius 3 is 2.25 bits per heavy atom. The van der Waals surface area contributed by atoms with E-state index in [0.29, 0.717) is 5.69 Å². The van der Waals surface area contributed by atoms with Crippen molar-refractivity contribution in [2.75, 3.05) is 18.4 Å². The zero-order valence-electron chi connectivity index (χ0n) is 13.5. The highest BCUT2D eigenvalue weighted by atomic mass is 32.2. The summed E-state index contributed by atoms with van der Waals surface area (Å²) in [6, 6.07) is 4.29. The number of benzene rings is 1. The molecule has 4 N–H and O–H groups in total. The van der Waals surface area contributed by atoms with E-state index in [1.165, 1.54) is 24.3 Å². The molecule has 0 saturated carbocycles. The summed E-state index contributed by atoms with van der Waals surface area (Å²) in [6.45, 7) is 3.09. The first-order valence-corrected chi connectivity index (χ1v) is 9.31. The molecule has 1 unspecified atom stereocenters. The summed E-state index contributed by atoms with van der Waals surface area (Å²) < 4.78 is 22.3. The SMILES string of the molecule is CC(NC(=O)Nc1ccc(S(N)(=O)=O)cc1)C(=O)N1CCCCC1. The molecule has 0 bridgehead atoms. The lowest BCUT2D eigenvalue weighted by atomic mass is 10.1. The van der Waals surface area contributed by atoms with E-state index in [-0.39, 0.29) is 10.8 Å². The van der Waals surface area contributed by atoms with Crippen molar-refractivity contribution in [3.05, 3.63) is 24.3 Å². The van der Waals surface area contributed by atoms with Crippen LogP contribution in [0.3, 0.4) is 0 Å². The molecule has 1 aromatic carbocycles. The van der Waals surface area contributed by atoms with Crippen molar-refractivity contribution < 1.29 is 18.0 Å². The number of anilines is 1. The molecule has 0 spiro atoms. The van der Waals surface area contributed by atoms with E-state index in [4.69, 9.17) is 5.14 Å². The highest BCUT2D eigenvalue weighted by Gasteiger charge is 2.23. The fourth-order valence-electron chi connectivity index (χ4n) is 2.54. The molecule has 1 saturated heterocycles. The molecular weight excluding hydrogens is 332 g/mol. The minimum absolute atomic E-state index is 0.0397. The average Bonchev–Trinajstić information content (AvgIpc) is 2.54. The number of sulfonamides is 1. The number of hydrogen-bond donors (Lipinski definition) is 3. The molecule has 24 heavy (non-hydrogen) atoms. The lowest BCUT2D eigenvalue weighted by molar-refractivity contribution is -0.133. The summed E-state index contributed by atoms with van der Waals surface area (Å²) in [5.41, 5.74) is 0.400. The maximum Gasteiger partial charge on any atom is 0.319 e. The fourth-order valence-corrected chi connectivity index (χ4v) is 3.06. The molecule has 2 rings (SSSR count). The summed E-state index contributed by atoms with van der Waals surface area (Å²) in [4.78, 5) is 25.9. The lowest BCUT2D eigenvalue weighted by Crippen LogP contribution is -2.49. The van der Waals surface area contributed by atoms with Crippen molar-refractivity contribution in [1.29, 1.82) is 0 Å². The number of nitrogens with zero attached hydrogens (tertiary/aromatic N) is 1. The molecule has 1 fully saturated rings. The van der Waals surface area contributed by atoms with Crippen LogP contribution in [0.4, 0.5) is 10.5 Å². The predicted molar refractivity (Wildman–Crippen MR) is 89.9 cm³/mol. The third-order valence-corrected chi connectivity index (χ3v) is 4.76. The van der Waals surface area contributed by atoms with Crippen molar-refractivity contribution in [3.63, 3.8) is 0 Å². The van der Waals surface area contributed by atoms with E-state index < -0.39 is 22.1 Å². The second kappa shape index (κ2) is 7.63. The van der Waals surface area contributed by atoms with Gasteiger partial charge in [0.2, 0.25) is 15.9 Å². The van der Waals surface area contributed by atoms with E-state index in [2.05, 4.69) is 10.6 Å². The molecule has 1 atom stereocenters. The standard InChI is InChI=1S/C15H22N4O4S/c1-11(14(20)19-9-3-2-4-10-19)17-15(21)18-12-5-7-13(8-6-12)24(16,22)23/h5-8,11H,2-4,9-10H2,1H3,(H2,16,22,23)(H2,17,18,21). The van der Waals surface area contributed by atoms with Gasteiger partial charge in [-0.05, 0) is 50.5 Å². The number of piperidine rings is 1. The first-order chi connectivity index (χ1) is 11.3. The summed E-state index contributed by atoms with van der Waals surface area (Å²) in [5, 5.41) is 10.1. The first-order valence-electron chi connectivity index (χ1n) is 7.76. The molecule has 0 aromatic heterocycles. The monoisotopic (exact) mass is 354 g/mol. The predicted octanol–water partition coefficient (Wildman–Crippen LogP) is 0.856. The molecule has 9 heteroatoms. The van der Waals surface area contributed by atoms with Crippen LogP contribution >= 0.6 is 0 Å². The van der Waals surface area contributed by atoms with Gasteiger partial charge in [0.05, 0.1) is 4.90 Å². The molecule has 1 aliphatic rings. The van der Waals surface area contributed by atoms with Gasteiger partial charge in [0.15, 0.2) is 0 Å². The van der Waals surface area contributed by atoms with Crippen LogP contribution in [0.2, 0.25) is 0 Å². The van der Waals surface area contributed by atoms with Gasteiger partial charge in [-0.1, -0.05) is 0 Å². The lowest BCUT2D eigenvalue weighted by Gasteiger charge is -2.29. The van der Waals surface area contributed by atoms with E-state index in [1.54, 1.807) is 11.8 Å². The number of nitrogens with one attached hydrogen (secondary N) is 2. The Bertz CT molecular complexity index is 697. The number of urea groups is 1. The van der Waals surface area contributed by atoms with Crippen LogP contribution < -0.4 is 15.8 Å². The minimum atomic E-state index is -3.77. The number of primary sulfonamides is 1. The van der Waals surface area contributed by atoms with Crippen LogP contribution in [-0.4, -0.2) is 44.4 Å². The van der Waals surface area contributed by atoms with Gasteiger partial charge >= 0.3 is 6.03 Å². The van der Waals surface area contributed by atoms with Crippen LogP contribution in [0.25, 0.3) is 0 Å². The van der Waals surface area contributed by atoms with Crippen molar-refractivity contribution in [2.24, 2.45) is 5.14 Å². The number of nitrogens with two attached hydrogens (primary N) is 1. The van der Waals surface area contributed by atoms with Crippen molar-refractivity contribution in [2.45, 2.75) is 37.1 Å². The molecule has 1 heterocycles. The van der Waals surface area contributed by atoms with E-state index >= 15 is 0 Å². The molecule has 132 valence electrons. The highest BCUT2D eigenvalue weighted by Crippen LogP contribution is 2.13. The Morgan fingerprint density at radius 1 is 1.12 bits per heavy atom. The zero-order valence-corrected chi connectivity index (χ0v) is 14.3. The summed E-state index contributed by atoms with van der Waals surface area (Å²) in [5.74, 6) is -0.102. The van der Waals surface area contributed by atoms with Crippen LogP contribution in [-0.2, 0) is 14.8 Å². The largest absolute Gasteiger partial charge is 0.341 e. The Morgan fingerprint density at radius 2 is 1.71 bits per heavy atom. The summed E-state index contributed by atoms with van der Waals surface area (Å²) in [7, 11) is -3.77. The van der Waals surface area contributed by atoms with E-state index in [0.717, 1.165) is 32.4 Å². The fraction of sp³-hybridized carbons (Fsp3) is 0.467. The van der Waals surface area contributed by atoms with Crippen LogP contribution in [0.15, 0.2) is 29.2 Å². The topological polar surface area (TPSA) is 122 Å². The minimum Gasteiger partial charge on any atom is -0.341 e. The highest BCUT2D eigenvalue weighted by molar-refractivity contribution is 7.89. The van der Waals surface area contributed by atoms with Crippen molar-refractivity contribution in [3.8, 4) is 0 Å². The Labute approximate surface area is 141 Å². The van der Waals surface area contributed by atoms with Gasteiger partial charge < -0.3 is 15.5 Å². The molecule has 1 aliphatic heterocycles. The normalized spacial score (nSPS) is 16.3. The molecule has 8 nitrogen and oxygen atoms in total. The Hall–Kier alpha value is -2.13. The Kier molecular flexibility index (Phi) is 5.79. The quantitative estimate of drug-likeness (QED) is 0.742. The number of amides is 3. The molecule has 3 amide bonds. The van der Waals surface area contributed by atoms with Gasteiger partial charge in [-0.3, -0.25) is 4.79 Å². The van der Waals surface area contributed by atoms with Gasteiger partial charge in [0.1, 0.15) is 6.04 Å². The number of rotatable bonds is 4. The molecule has 1 aromatic rings. The molecule has 0 aliphatic carbocycles. The third-order valence-electron chi connectivity index (χ3n) is 3.83. The summed E-state index contributed by atoms with van der Waals surface area (Å²) in [6.07, 6.45) is 3.10. The first kappa shape index (κ1) is 18.2. The average molecular weight is 354 g/mol. The van der Waals surface area contributed by atoms with E-state index in [9.17, 15) is 18.0 Å². The van der Waals surface area contributed by atoms with Crippen LogP contribution in [0, 0.1) is 0 Å². The number of likely N-dealkylation sites (tertiary alicyclic amines) is 1. The third kappa shape index (κ3) is 4.93. The van der Waals surface area contributed by atoms with Gasteiger partial charge in [-0.25, -0.2) is 18.4 Å². The van der Waals surface area contributed by atoms with Crippen molar-refractivity contribution >= 4 is 27.6 Å². The maximum absolute atomic E-state index is 12.2. The molecular formula is C15H22N4O4S. The van der Waals surface area contributed by atoms with Gasteiger partial charge in [-0.15, -0.1) is 0 Å². The maximum atomic E-state index is 12.2. The smallest absolute Gasteiger partial charge is 0.319 e. The number of carbonyl (C=O) groups excluding carboxylic acids is 2. The molecule has 0 radical (unpaired) electrons. The van der Waals surface area contributed by atoms with Gasteiger partial charge in [-0.2, -0.15) is 0 Å². The number of hydrogen-bond acceptors (Lipinski definition) is 4. The summed E-state index contributed by atoms with van der Waals surface area (Å²) >= 11 is 0. The van der Waals surface area contributed by atoms with Crippen LogP contribution in [0.1, 0.15) is 26.2 Å². The van der Waals surface area contributed by atoms with E-state index in [1.807, 2.05) is 0 Å². The van der Waals surface area contributed by atoms with Crippen molar-refractivity contribution in [1.82, 2.24) is 10.2 Å². The zero-order chi connectivity index (χ0) is 17.7. The Balaban J connectivity index is 1.89. The van der Waals surface area contributed by atoms with Gasteiger partial charge in [0.25, 0.3) is 0 Å². The second-order valence-electron chi connectivity index (χ2n) is 5.78. The number of carbonyl (C=O) groups is 2. The van der Waals surface area contributed by atoms with Crippen LogP contribution in [0.5, 0.6) is 0 Å². The van der Waals surface area contributed by atoms with Gasteiger partial charge in [0, 0.05) is 18.8 Å². The second-order valence-corrected chi connectivity index (χ2v) is 7.34.